The second-order valence-electron chi connectivity index (χ2n) is 8.40. The first kappa shape index (κ1) is 24.2. The number of carbonyl (C=O) groups is 1. The van der Waals surface area contributed by atoms with Crippen molar-refractivity contribution in [2.45, 2.75) is 13.1 Å². The van der Waals surface area contributed by atoms with Crippen LogP contribution < -0.4 is 10.1 Å². The predicted octanol–water partition coefficient (Wildman–Crippen LogP) is 4.32. The Hall–Kier alpha value is -3.91. The Morgan fingerprint density at radius 2 is 1.74 bits per heavy atom. The lowest BCUT2D eigenvalue weighted by molar-refractivity contribution is 0.0697. The molecule has 4 rings (SSSR count). The molecule has 0 aromatic heterocycles. The monoisotopic (exact) mass is 476 g/mol. The van der Waals surface area contributed by atoms with Crippen LogP contribution in [0.15, 0.2) is 77.8 Å². The van der Waals surface area contributed by atoms with E-state index in [4.69, 9.17) is 9.73 Å². The molecule has 0 atom stereocenters. The smallest absolute Gasteiger partial charge is 0.335 e. The largest absolute Gasteiger partial charge is 0.497 e. The number of piperazine rings is 1. The van der Waals surface area contributed by atoms with E-state index in [0.29, 0.717) is 24.7 Å². The summed E-state index contributed by atoms with van der Waals surface area (Å²) >= 11 is 0. The number of nitrogens with one attached hydrogen (secondary N) is 1. The van der Waals surface area contributed by atoms with Crippen molar-refractivity contribution < 1.29 is 19.0 Å². The molecule has 1 saturated heterocycles. The second kappa shape index (κ2) is 11.5. The number of hydrogen-bond acceptors (Lipinski definition) is 4. The van der Waals surface area contributed by atoms with Crippen LogP contribution in [0.2, 0.25) is 0 Å². The number of aromatic carboxylic acids is 1. The Balaban J connectivity index is 1.48. The highest BCUT2D eigenvalue weighted by molar-refractivity contribution is 5.95. The molecule has 2 N–H and O–H groups in total. The molecule has 35 heavy (non-hydrogen) atoms. The average molecular weight is 477 g/mol. The minimum atomic E-state index is -0.977. The van der Waals surface area contributed by atoms with E-state index < -0.39 is 5.97 Å². The minimum absolute atomic E-state index is 0.210. The summed E-state index contributed by atoms with van der Waals surface area (Å²) in [6.07, 6.45) is 0. The first-order chi connectivity index (χ1) is 17.0. The van der Waals surface area contributed by atoms with Crippen LogP contribution in [0.25, 0.3) is 0 Å². The van der Waals surface area contributed by atoms with Gasteiger partial charge in [0.15, 0.2) is 5.96 Å². The fraction of sp³-hybridized carbons (Fsp3) is 0.259. The van der Waals surface area contributed by atoms with E-state index in [0.717, 1.165) is 43.1 Å². The Labute approximate surface area is 204 Å². The van der Waals surface area contributed by atoms with Crippen LogP contribution in [-0.4, -0.2) is 60.1 Å². The maximum atomic E-state index is 13.6. The molecule has 1 fully saturated rings. The zero-order valence-electron chi connectivity index (χ0n) is 19.7. The van der Waals surface area contributed by atoms with E-state index in [1.807, 2.05) is 36.4 Å². The standard InChI is InChI=1S/C27H29FN4O3/c1-35-25-10-3-5-20(16-25)18-29-27(30-24-9-4-7-22(17-24)26(33)34)32-13-11-31(12-14-32)19-21-6-2-8-23(28)15-21/h2-10,15-17H,11-14,18-19H2,1H3,(H,29,30)(H,33,34). The van der Waals surface area contributed by atoms with Crippen molar-refractivity contribution in [3.8, 4) is 5.75 Å². The molecular formula is C27H29FN4O3. The predicted molar refractivity (Wildman–Crippen MR) is 134 cm³/mol. The molecule has 3 aromatic rings. The molecule has 0 saturated carbocycles. The molecule has 0 unspecified atom stereocenters. The molecule has 3 aromatic carbocycles. The number of nitrogens with zero attached hydrogens (tertiary/aromatic N) is 3. The van der Waals surface area contributed by atoms with Gasteiger partial charge in [-0.3, -0.25) is 4.90 Å². The quantitative estimate of drug-likeness (QED) is 0.391. The Kier molecular flexibility index (Phi) is 7.95. The molecule has 1 aliphatic heterocycles. The molecule has 1 heterocycles. The van der Waals surface area contributed by atoms with Crippen LogP contribution in [0.5, 0.6) is 5.75 Å². The van der Waals surface area contributed by atoms with E-state index in [-0.39, 0.29) is 11.4 Å². The molecule has 7 nitrogen and oxygen atoms in total. The Morgan fingerprint density at radius 1 is 1.00 bits per heavy atom. The van der Waals surface area contributed by atoms with Gasteiger partial charge in [0, 0.05) is 38.4 Å². The van der Waals surface area contributed by atoms with E-state index in [9.17, 15) is 14.3 Å². The van der Waals surface area contributed by atoms with Crippen LogP contribution in [0.3, 0.4) is 0 Å². The summed E-state index contributed by atoms with van der Waals surface area (Å²) in [5.41, 5.74) is 2.83. The van der Waals surface area contributed by atoms with Crippen LogP contribution in [0, 0.1) is 5.82 Å². The number of halogens is 1. The molecule has 8 heteroatoms. The molecule has 0 spiro atoms. The van der Waals surface area contributed by atoms with Gasteiger partial charge >= 0.3 is 5.97 Å². The second-order valence-corrected chi connectivity index (χ2v) is 8.40. The minimum Gasteiger partial charge on any atom is -0.497 e. The van der Waals surface area contributed by atoms with Gasteiger partial charge in [0.1, 0.15) is 11.6 Å². The van der Waals surface area contributed by atoms with Crippen molar-refractivity contribution in [1.82, 2.24) is 9.80 Å². The van der Waals surface area contributed by atoms with E-state index >= 15 is 0 Å². The van der Waals surface area contributed by atoms with Crippen LogP contribution in [-0.2, 0) is 13.1 Å². The summed E-state index contributed by atoms with van der Waals surface area (Å²) in [6, 6.07) is 21.2. The normalized spacial score (nSPS) is 14.6. The Morgan fingerprint density at radius 3 is 2.49 bits per heavy atom. The van der Waals surface area contributed by atoms with Crippen molar-refractivity contribution in [3.05, 3.63) is 95.3 Å². The van der Waals surface area contributed by atoms with Gasteiger partial charge in [-0.15, -0.1) is 0 Å². The molecular weight excluding hydrogens is 447 g/mol. The zero-order chi connectivity index (χ0) is 24.6. The first-order valence-electron chi connectivity index (χ1n) is 11.5. The van der Waals surface area contributed by atoms with Crippen LogP contribution >= 0.6 is 0 Å². The fourth-order valence-electron chi connectivity index (χ4n) is 4.03. The van der Waals surface area contributed by atoms with Gasteiger partial charge in [-0.1, -0.05) is 30.3 Å². The third-order valence-electron chi connectivity index (χ3n) is 5.88. The summed E-state index contributed by atoms with van der Waals surface area (Å²) in [5, 5.41) is 12.7. The lowest BCUT2D eigenvalue weighted by Crippen LogP contribution is -2.50. The third-order valence-corrected chi connectivity index (χ3v) is 5.88. The van der Waals surface area contributed by atoms with Gasteiger partial charge in [0.25, 0.3) is 0 Å². The first-order valence-corrected chi connectivity index (χ1v) is 11.5. The van der Waals surface area contributed by atoms with Crippen molar-refractivity contribution in [2.75, 3.05) is 38.6 Å². The number of aliphatic imine (C=N–C) groups is 1. The van der Waals surface area contributed by atoms with Crippen molar-refractivity contribution in [3.63, 3.8) is 0 Å². The number of hydrogen-bond donors (Lipinski definition) is 2. The summed E-state index contributed by atoms with van der Waals surface area (Å²) in [4.78, 5) is 20.7. The number of anilines is 1. The highest BCUT2D eigenvalue weighted by Gasteiger charge is 2.20. The number of carboxylic acids is 1. The van der Waals surface area contributed by atoms with E-state index in [1.165, 1.54) is 6.07 Å². The number of benzene rings is 3. The number of guanidine groups is 1. The van der Waals surface area contributed by atoms with Gasteiger partial charge in [0.2, 0.25) is 0 Å². The molecule has 1 aliphatic rings. The third kappa shape index (κ3) is 6.80. The number of carboxylic acid groups (broad SMARTS) is 1. The van der Waals surface area contributed by atoms with Crippen LogP contribution in [0.4, 0.5) is 10.1 Å². The van der Waals surface area contributed by atoms with Gasteiger partial charge in [-0.25, -0.2) is 14.2 Å². The van der Waals surface area contributed by atoms with Crippen molar-refractivity contribution >= 4 is 17.6 Å². The number of ether oxygens (including phenoxy) is 1. The summed E-state index contributed by atoms with van der Waals surface area (Å²) in [7, 11) is 1.63. The highest BCUT2D eigenvalue weighted by atomic mass is 19.1. The molecule has 182 valence electrons. The summed E-state index contributed by atoms with van der Waals surface area (Å²) in [6.45, 7) is 4.20. The Bertz CT molecular complexity index is 1190. The highest BCUT2D eigenvalue weighted by Crippen LogP contribution is 2.17. The molecule has 0 radical (unpaired) electrons. The van der Waals surface area contributed by atoms with Crippen molar-refractivity contribution in [1.29, 1.82) is 0 Å². The lowest BCUT2D eigenvalue weighted by atomic mass is 10.2. The van der Waals surface area contributed by atoms with Gasteiger partial charge < -0.3 is 20.1 Å². The topological polar surface area (TPSA) is 77.4 Å². The number of methoxy groups -OCH3 is 1. The maximum Gasteiger partial charge on any atom is 0.335 e. The lowest BCUT2D eigenvalue weighted by Gasteiger charge is -2.36. The molecule has 0 bridgehead atoms. The fourth-order valence-corrected chi connectivity index (χ4v) is 4.03. The van der Waals surface area contributed by atoms with Gasteiger partial charge in [0.05, 0.1) is 19.2 Å². The SMILES string of the molecule is COc1cccc(CN=C(Nc2cccc(C(=O)O)c2)N2CCN(Cc3cccc(F)c3)CC2)c1. The van der Waals surface area contributed by atoms with E-state index in [1.54, 1.807) is 37.4 Å². The average Bonchev–Trinajstić information content (AvgIpc) is 2.87. The molecule has 0 aliphatic carbocycles. The van der Waals surface area contributed by atoms with E-state index in [2.05, 4.69) is 15.1 Å². The summed E-state index contributed by atoms with van der Waals surface area (Å²) in [5.74, 6) is 0.253. The van der Waals surface area contributed by atoms with Gasteiger partial charge in [-0.05, 0) is 53.6 Å². The van der Waals surface area contributed by atoms with Crippen LogP contribution in [0.1, 0.15) is 21.5 Å². The van der Waals surface area contributed by atoms with Gasteiger partial charge in [-0.2, -0.15) is 0 Å². The number of rotatable bonds is 7. The molecule has 0 amide bonds. The van der Waals surface area contributed by atoms with Crippen molar-refractivity contribution in [2.24, 2.45) is 4.99 Å². The zero-order valence-corrected chi connectivity index (χ0v) is 19.7. The maximum absolute atomic E-state index is 13.6. The summed E-state index contributed by atoms with van der Waals surface area (Å²) < 4.78 is 18.9.